The molecule has 1 fully saturated rings. The molecule has 1 saturated carbocycles. The minimum atomic E-state index is 0.434. The van der Waals surface area contributed by atoms with Gasteiger partial charge in [0.05, 0.1) is 0 Å². The van der Waals surface area contributed by atoms with Crippen LogP contribution in [-0.4, -0.2) is 27.9 Å². The van der Waals surface area contributed by atoms with Crippen LogP contribution in [0.1, 0.15) is 43.5 Å². The Hall–Kier alpha value is -0.550. The molecule has 0 amide bonds. The van der Waals surface area contributed by atoms with Crippen LogP contribution in [0.25, 0.3) is 0 Å². The Balaban J connectivity index is 1.82. The molecule has 1 aliphatic rings. The largest absolute Gasteiger partial charge is 0.310 e. The van der Waals surface area contributed by atoms with Crippen LogP contribution >= 0.6 is 11.8 Å². The van der Waals surface area contributed by atoms with Gasteiger partial charge in [0.25, 0.3) is 0 Å². The quantitative estimate of drug-likeness (QED) is 0.876. The molecule has 1 heterocycles. The van der Waals surface area contributed by atoms with E-state index >= 15 is 0 Å². The zero-order valence-electron chi connectivity index (χ0n) is 10.7. The second-order valence-corrected chi connectivity index (χ2v) is 6.12. The van der Waals surface area contributed by atoms with Crippen molar-refractivity contribution in [2.45, 2.75) is 50.3 Å². The van der Waals surface area contributed by atoms with E-state index in [0.29, 0.717) is 4.75 Å². The Morgan fingerprint density at radius 3 is 2.65 bits per heavy atom. The van der Waals surface area contributed by atoms with Crippen molar-refractivity contribution in [1.82, 2.24) is 15.6 Å². The normalized spacial score (nSPS) is 19.4. The fourth-order valence-corrected chi connectivity index (χ4v) is 3.41. The van der Waals surface area contributed by atoms with E-state index in [1.807, 2.05) is 18.7 Å². The van der Waals surface area contributed by atoms with Crippen molar-refractivity contribution >= 4 is 11.8 Å². The fraction of sp³-hybridized carbons (Fsp3) is 0.833. The van der Waals surface area contributed by atoms with E-state index in [4.69, 9.17) is 4.63 Å². The number of aryl methyl sites for hydroxylation is 1. The van der Waals surface area contributed by atoms with E-state index in [9.17, 15) is 0 Å². The molecular formula is C12H21N3OS. The van der Waals surface area contributed by atoms with Crippen molar-refractivity contribution < 1.29 is 4.63 Å². The van der Waals surface area contributed by atoms with Gasteiger partial charge in [0.15, 0.2) is 0 Å². The second kappa shape index (κ2) is 5.87. The van der Waals surface area contributed by atoms with Crippen LogP contribution in [0.15, 0.2) is 4.63 Å². The summed E-state index contributed by atoms with van der Waals surface area (Å²) in [6.45, 7) is 3.75. The number of hydrogen-bond acceptors (Lipinski definition) is 5. The average molecular weight is 255 g/mol. The molecular weight excluding hydrogens is 234 g/mol. The average Bonchev–Trinajstić information content (AvgIpc) is 2.76. The van der Waals surface area contributed by atoms with Crippen LogP contribution in [-0.2, 0) is 6.54 Å². The highest BCUT2D eigenvalue weighted by Crippen LogP contribution is 2.37. The van der Waals surface area contributed by atoms with Gasteiger partial charge in [0.1, 0.15) is 11.4 Å². The predicted molar refractivity (Wildman–Crippen MR) is 70.1 cm³/mol. The molecule has 96 valence electrons. The van der Waals surface area contributed by atoms with E-state index in [1.54, 1.807) is 0 Å². The Bertz CT molecular complexity index is 347. The molecule has 2 rings (SSSR count). The molecule has 0 unspecified atom stereocenters. The lowest BCUT2D eigenvalue weighted by atomic mass is 9.88. The Kier molecular flexibility index (Phi) is 4.45. The van der Waals surface area contributed by atoms with Crippen LogP contribution in [0.3, 0.4) is 0 Å². The molecule has 1 aromatic rings. The third kappa shape index (κ3) is 3.22. The number of hydrogen-bond donors (Lipinski definition) is 1. The van der Waals surface area contributed by atoms with Gasteiger partial charge in [-0.3, -0.25) is 0 Å². The summed E-state index contributed by atoms with van der Waals surface area (Å²) >= 11 is 2.01. The highest BCUT2D eigenvalue weighted by Gasteiger charge is 2.30. The number of rotatable bonds is 5. The summed E-state index contributed by atoms with van der Waals surface area (Å²) in [6.07, 6.45) is 9.03. The van der Waals surface area contributed by atoms with Gasteiger partial charge < -0.3 is 5.32 Å². The van der Waals surface area contributed by atoms with Crippen molar-refractivity contribution in [3.05, 3.63) is 11.4 Å². The van der Waals surface area contributed by atoms with Gasteiger partial charge in [-0.15, -0.1) is 0 Å². The third-order valence-corrected chi connectivity index (χ3v) is 5.10. The first kappa shape index (κ1) is 12.9. The predicted octanol–water partition coefficient (Wildman–Crippen LogP) is 2.53. The van der Waals surface area contributed by atoms with Crippen molar-refractivity contribution in [2.75, 3.05) is 12.8 Å². The number of thioether (sulfide) groups is 1. The monoisotopic (exact) mass is 255 g/mol. The topological polar surface area (TPSA) is 51.0 Å². The van der Waals surface area contributed by atoms with Crippen LogP contribution in [0, 0.1) is 6.92 Å². The highest BCUT2D eigenvalue weighted by atomic mass is 32.2. The minimum absolute atomic E-state index is 0.434. The summed E-state index contributed by atoms with van der Waals surface area (Å²) in [4.78, 5) is 0. The van der Waals surface area contributed by atoms with E-state index in [0.717, 1.165) is 24.5 Å². The fourth-order valence-electron chi connectivity index (χ4n) is 2.47. The minimum Gasteiger partial charge on any atom is -0.310 e. The zero-order valence-corrected chi connectivity index (χ0v) is 11.5. The molecule has 17 heavy (non-hydrogen) atoms. The van der Waals surface area contributed by atoms with E-state index in [-0.39, 0.29) is 0 Å². The van der Waals surface area contributed by atoms with E-state index in [1.165, 1.54) is 32.1 Å². The molecule has 4 nitrogen and oxygen atoms in total. The lowest BCUT2D eigenvalue weighted by Gasteiger charge is -2.36. The van der Waals surface area contributed by atoms with Gasteiger partial charge in [-0.25, -0.2) is 4.63 Å². The van der Waals surface area contributed by atoms with Crippen molar-refractivity contribution in [3.8, 4) is 0 Å². The lowest BCUT2D eigenvalue weighted by Crippen LogP contribution is -2.39. The van der Waals surface area contributed by atoms with Gasteiger partial charge in [0.2, 0.25) is 0 Å². The summed E-state index contributed by atoms with van der Waals surface area (Å²) < 4.78 is 5.13. The Morgan fingerprint density at radius 1 is 1.29 bits per heavy atom. The Morgan fingerprint density at radius 2 is 2.06 bits per heavy atom. The van der Waals surface area contributed by atoms with Crippen molar-refractivity contribution in [2.24, 2.45) is 0 Å². The molecule has 0 aromatic carbocycles. The summed E-state index contributed by atoms with van der Waals surface area (Å²) in [5, 5.41) is 11.2. The molecule has 0 bridgehead atoms. The van der Waals surface area contributed by atoms with Crippen molar-refractivity contribution in [1.29, 1.82) is 0 Å². The van der Waals surface area contributed by atoms with Gasteiger partial charge in [-0.2, -0.15) is 11.8 Å². The van der Waals surface area contributed by atoms with Gasteiger partial charge in [-0.1, -0.05) is 29.6 Å². The first-order valence-electron chi connectivity index (χ1n) is 6.30. The third-order valence-electron chi connectivity index (χ3n) is 3.68. The van der Waals surface area contributed by atoms with Crippen molar-refractivity contribution in [3.63, 3.8) is 0 Å². The second-order valence-electron chi connectivity index (χ2n) is 4.85. The van der Waals surface area contributed by atoms with Crippen LogP contribution in [0.5, 0.6) is 0 Å². The van der Waals surface area contributed by atoms with Crippen LogP contribution in [0.2, 0.25) is 0 Å². The first-order chi connectivity index (χ1) is 8.26. The maximum Gasteiger partial charge on any atom is 0.121 e. The molecule has 0 aliphatic heterocycles. The first-order valence-corrected chi connectivity index (χ1v) is 7.52. The highest BCUT2D eigenvalue weighted by molar-refractivity contribution is 8.00. The molecule has 1 aliphatic carbocycles. The van der Waals surface area contributed by atoms with Crippen LogP contribution in [0.4, 0.5) is 0 Å². The molecule has 0 radical (unpaired) electrons. The SMILES string of the molecule is CSC1(CNCc2nonc2C)CCCCC1. The summed E-state index contributed by atoms with van der Waals surface area (Å²) in [5.41, 5.74) is 1.82. The summed E-state index contributed by atoms with van der Waals surface area (Å²) in [7, 11) is 0. The standard InChI is InChI=1S/C12H21N3OS/c1-10-11(15-16-14-10)8-13-9-12(17-2)6-4-3-5-7-12/h13H,3-9H2,1-2H3. The smallest absolute Gasteiger partial charge is 0.121 e. The lowest BCUT2D eigenvalue weighted by molar-refractivity contribution is 0.299. The zero-order chi connectivity index (χ0) is 12.1. The number of aromatic nitrogens is 2. The maximum absolute atomic E-state index is 4.69. The molecule has 0 saturated heterocycles. The molecule has 1 N–H and O–H groups in total. The molecule has 1 aromatic heterocycles. The van der Waals surface area contributed by atoms with Crippen LogP contribution < -0.4 is 5.32 Å². The Labute approximate surface area is 107 Å². The molecule has 0 atom stereocenters. The number of nitrogens with one attached hydrogen (secondary N) is 1. The van der Waals surface area contributed by atoms with Gasteiger partial charge in [-0.05, 0) is 26.0 Å². The maximum atomic E-state index is 4.69. The van der Waals surface area contributed by atoms with E-state index < -0.39 is 0 Å². The molecule has 0 spiro atoms. The van der Waals surface area contributed by atoms with Gasteiger partial charge in [0, 0.05) is 17.8 Å². The number of nitrogens with zero attached hydrogens (tertiary/aromatic N) is 2. The molecule has 5 heteroatoms. The summed E-state index contributed by atoms with van der Waals surface area (Å²) in [6, 6.07) is 0. The van der Waals surface area contributed by atoms with Gasteiger partial charge >= 0.3 is 0 Å². The summed E-state index contributed by atoms with van der Waals surface area (Å²) in [5.74, 6) is 0. The van der Waals surface area contributed by atoms with E-state index in [2.05, 4.69) is 21.9 Å².